The van der Waals surface area contributed by atoms with Crippen LogP contribution >= 0.6 is 12.4 Å². The monoisotopic (exact) mass is 364 g/mol. The first-order valence-corrected chi connectivity index (χ1v) is 9.03. The van der Waals surface area contributed by atoms with Gasteiger partial charge in [0.15, 0.2) is 0 Å². The van der Waals surface area contributed by atoms with Gasteiger partial charge < -0.3 is 10.0 Å². The van der Waals surface area contributed by atoms with Crippen LogP contribution in [0.3, 0.4) is 0 Å². The summed E-state index contributed by atoms with van der Waals surface area (Å²) in [6, 6.07) is 0. The van der Waals surface area contributed by atoms with Gasteiger partial charge in [-0.15, -0.1) is 12.4 Å². The SMILES string of the molecule is Cl.O=C(O)CCN(O)C(=O)CCCCCCCCN1CCCCC1. The molecule has 7 heteroatoms. The Morgan fingerprint density at radius 1 is 0.875 bits per heavy atom. The molecule has 1 aliphatic heterocycles. The largest absolute Gasteiger partial charge is 0.481 e. The molecule has 0 aromatic heterocycles. The van der Waals surface area contributed by atoms with Crippen molar-refractivity contribution in [2.24, 2.45) is 0 Å². The molecule has 0 unspecified atom stereocenters. The number of hydrogen-bond acceptors (Lipinski definition) is 4. The zero-order valence-corrected chi connectivity index (χ0v) is 15.4. The number of carboxylic acids is 1. The predicted octanol–water partition coefficient (Wildman–Crippen LogP) is 3.32. The Hall–Kier alpha value is -0.850. The number of hydroxylamine groups is 2. The minimum Gasteiger partial charge on any atom is -0.481 e. The molecule has 0 spiro atoms. The van der Waals surface area contributed by atoms with Gasteiger partial charge in [-0.25, -0.2) is 5.06 Å². The number of halogens is 1. The van der Waals surface area contributed by atoms with E-state index in [0.717, 1.165) is 19.3 Å². The topological polar surface area (TPSA) is 81.1 Å². The van der Waals surface area contributed by atoms with Gasteiger partial charge >= 0.3 is 5.97 Å². The average molecular weight is 365 g/mol. The summed E-state index contributed by atoms with van der Waals surface area (Å²) in [6.45, 7) is 3.62. The van der Waals surface area contributed by atoms with Crippen LogP contribution in [0, 0.1) is 0 Å². The van der Waals surface area contributed by atoms with Gasteiger partial charge in [-0.1, -0.05) is 32.1 Å². The van der Waals surface area contributed by atoms with Crippen molar-refractivity contribution in [1.82, 2.24) is 9.96 Å². The van der Waals surface area contributed by atoms with Gasteiger partial charge in [0.25, 0.3) is 0 Å². The van der Waals surface area contributed by atoms with Crippen molar-refractivity contribution in [3.63, 3.8) is 0 Å². The van der Waals surface area contributed by atoms with E-state index in [4.69, 9.17) is 5.11 Å². The number of piperidine rings is 1. The number of aliphatic carboxylic acids is 1. The second kappa shape index (κ2) is 14.5. The van der Waals surface area contributed by atoms with E-state index in [1.165, 1.54) is 58.2 Å². The van der Waals surface area contributed by atoms with E-state index in [-0.39, 0.29) is 31.3 Å². The molecule has 2 N–H and O–H groups in total. The number of carboxylic acid groups (broad SMARTS) is 1. The van der Waals surface area contributed by atoms with Gasteiger partial charge in [-0.05, 0) is 45.3 Å². The molecular weight excluding hydrogens is 332 g/mol. The zero-order chi connectivity index (χ0) is 16.9. The lowest BCUT2D eigenvalue weighted by Crippen LogP contribution is -2.30. The van der Waals surface area contributed by atoms with Crippen molar-refractivity contribution in [3.05, 3.63) is 0 Å². The minimum absolute atomic E-state index is 0. The van der Waals surface area contributed by atoms with Crippen LogP contribution in [0.2, 0.25) is 0 Å². The van der Waals surface area contributed by atoms with E-state index in [2.05, 4.69) is 4.90 Å². The lowest BCUT2D eigenvalue weighted by atomic mass is 10.1. The van der Waals surface area contributed by atoms with Crippen molar-refractivity contribution < 1.29 is 19.9 Å². The zero-order valence-electron chi connectivity index (χ0n) is 14.6. The maximum atomic E-state index is 11.5. The molecule has 0 radical (unpaired) electrons. The molecular formula is C17H33ClN2O4. The van der Waals surface area contributed by atoms with Crippen LogP contribution in [0.15, 0.2) is 0 Å². The third-order valence-electron chi connectivity index (χ3n) is 4.39. The van der Waals surface area contributed by atoms with Crippen molar-refractivity contribution in [3.8, 4) is 0 Å². The fourth-order valence-corrected chi connectivity index (χ4v) is 2.96. The number of unbranched alkanes of at least 4 members (excludes halogenated alkanes) is 5. The fraction of sp³-hybridized carbons (Fsp3) is 0.882. The smallest absolute Gasteiger partial charge is 0.305 e. The molecule has 0 bridgehead atoms. The maximum Gasteiger partial charge on any atom is 0.305 e. The summed E-state index contributed by atoms with van der Waals surface area (Å²) < 4.78 is 0. The number of carbonyl (C=O) groups is 2. The lowest BCUT2D eigenvalue weighted by Gasteiger charge is -2.26. The second-order valence-corrected chi connectivity index (χ2v) is 6.43. The first kappa shape index (κ1) is 23.1. The molecule has 1 aliphatic rings. The molecule has 1 rings (SSSR count). The van der Waals surface area contributed by atoms with Gasteiger partial charge in [0.05, 0.1) is 13.0 Å². The van der Waals surface area contributed by atoms with Gasteiger partial charge in [-0.2, -0.15) is 0 Å². The summed E-state index contributed by atoms with van der Waals surface area (Å²) >= 11 is 0. The number of carbonyl (C=O) groups excluding carboxylic acids is 1. The van der Waals surface area contributed by atoms with E-state index < -0.39 is 5.97 Å². The van der Waals surface area contributed by atoms with Gasteiger partial charge in [0.1, 0.15) is 0 Å². The molecule has 0 aromatic rings. The van der Waals surface area contributed by atoms with E-state index in [1.54, 1.807) is 0 Å². The first-order valence-electron chi connectivity index (χ1n) is 9.03. The Bertz CT molecular complexity index is 349. The van der Waals surface area contributed by atoms with Crippen molar-refractivity contribution in [2.45, 2.75) is 70.6 Å². The molecule has 1 amide bonds. The molecule has 0 atom stereocenters. The molecule has 24 heavy (non-hydrogen) atoms. The summed E-state index contributed by atoms with van der Waals surface area (Å²) in [4.78, 5) is 24.5. The highest BCUT2D eigenvalue weighted by Crippen LogP contribution is 2.12. The fourth-order valence-electron chi connectivity index (χ4n) is 2.96. The Morgan fingerprint density at radius 2 is 1.46 bits per heavy atom. The van der Waals surface area contributed by atoms with Crippen molar-refractivity contribution in [1.29, 1.82) is 0 Å². The van der Waals surface area contributed by atoms with Crippen LogP contribution in [-0.4, -0.2) is 58.3 Å². The van der Waals surface area contributed by atoms with Crippen LogP contribution in [0.5, 0.6) is 0 Å². The molecule has 0 saturated carbocycles. The molecule has 1 fully saturated rings. The highest BCUT2D eigenvalue weighted by molar-refractivity contribution is 5.85. The van der Waals surface area contributed by atoms with Crippen molar-refractivity contribution in [2.75, 3.05) is 26.2 Å². The highest BCUT2D eigenvalue weighted by Gasteiger charge is 2.12. The maximum absolute atomic E-state index is 11.5. The standard InChI is InChI=1S/C17H32N2O4.ClH/c20-16(19(23)15-11-17(21)22)10-6-3-1-2-4-7-12-18-13-8-5-9-14-18;/h23H,1-15H2,(H,21,22);1H. The van der Waals surface area contributed by atoms with E-state index in [9.17, 15) is 14.8 Å². The molecule has 142 valence electrons. The Balaban J connectivity index is 0.00000529. The summed E-state index contributed by atoms with van der Waals surface area (Å²) in [6.07, 6.45) is 10.7. The number of rotatable bonds is 12. The number of amides is 1. The van der Waals surface area contributed by atoms with E-state index in [1.807, 2.05) is 0 Å². The summed E-state index contributed by atoms with van der Waals surface area (Å²) in [5.74, 6) is -1.39. The number of likely N-dealkylation sites (tertiary alicyclic amines) is 1. The van der Waals surface area contributed by atoms with Crippen LogP contribution in [0.1, 0.15) is 70.6 Å². The normalized spacial score (nSPS) is 14.9. The molecule has 0 aliphatic carbocycles. The van der Waals surface area contributed by atoms with Crippen LogP contribution in [0.25, 0.3) is 0 Å². The average Bonchev–Trinajstić information content (AvgIpc) is 2.55. The lowest BCUT2D eigenvalue weighted by molar-refractivity contribution is -0.167. The summed E-state index contributed by atoms with van der Waals surface area (Å²) in [5, 5.41) is 18.4. The van der Waals surface area contributed by atoms with E-state index in [0.29, 0.717) is 11.5 Å². The van der Waals surface area contributed by atoms with Crippen LogP contribution < -0.4 is 0 Å². The highest BCUT2D eigenvalue weighted by atomic mass is 35.5. The molecule has 1 heterocycles. The Kier molecular flexibility index (Phi) is 14.0. The minimum atomic E-state index is -1.01. The molecule has 6 nitrogen and oxygen atoms in total. The van der Waals surface area contributed by atoms with Gasteiger partial charge in [0.2, 0.25) is 5.91 Å². The first-order chi connectivity index (χ1) is 11.1. The number of hydrogen-bond donors (Lipinski definition) is 2. The third-order valence-corrected chi connectivity index (χ3v) is 4.39. The Morgan fingerprint density at radius 3 is 2.08 bits per heavy atom. The van der Waals surface area contributed by atoms with Gasteiger partial charge in [0, 0.05) is 6.42 Å². The van der Waals surface area contributed by atoms with Crippen LogP contribution in [0.4, 0.5) is 0 Å². The summed E-state index contributed by atoms with van der Waals surface area (Å²) in [7, 11) is 0. The molecule has 1 saturated heterocycles. The second-order valence-electron chi connectivity index (χ2n) is 6.43. The van der Waals surface area contributed by atoms with E-state index >= 15 is 0 Å². The van der Waals surface area contributed by atoms with Crippen molar-refractivity contribution >= 4 is 24.3 Å². The Labute approximate surface area is 151 Å². The predicted molar refractivity (Wildman–Crippen MR) is 95.6 cm³/mol. The number of nitrogens with zero attached hydrogens (tertiary/aromatic N) is 2. The summed E-state index contributed by atoms with van der Waals surface area (Å²) in [5.41, 5.74) is 0. The quantitative estimate of drug-likeness (QED) is 0.315. The van der Waals surface area contributed by atoms with Crippen LogP contribution in [-0.2, 0) is 9.59 Å². The van der Waals surface area contributed by atoms with Gasteiger partial charge in [-0.3, -0.25) is 14.8 Å². The third kappa shape index (κ3) is 11.6. The molecule has 0 aromatic carbocycles.